The van der Waals surface area contributed by atoms with Crippen molar-refractivity contribution in [2.24, 2.45) is 0 Å². The van der Waals surface area contributed by atoms with E-state index >= 15 is 0 Å². The maximum absolute atomic E-state index is 12.6. The topological polar surface area (TPSA) is 54.0 Å². The molecule has 0 aliphatic rings. The minimum absolute atomic E-state index is 0.122. The number of pyridine rings is 1. The molecule has 0 saturated heterocycles. The molecule has 0 aromatic carbocycles. The van der Waals surface area contributed by atoms with Gasteiger partial charge in [0.15, 0.2) is 0 Å². The summed E-state index contributed by atoms with van der Waals surface area (Å²) in [7, 11) is 0. The lowest BCUT2D eigenvalue weighted by Gasteiger charge is -2.23. The summed E-state index contributed by atoms with van der Waals surface area (Å²) in [6.45, 7) is 7.46. The monoisotopic (exact) mass is 239 g/mol. The van der Waals surface area contributed by atoms with Crippen LogP contribution in [0.3, 0.4) is 0 Å². The van der Waals surface area contributed by atoms with Crippen molar-refractivity contribution in [3.8, 4) is 0 Å². The Balaban J connectivity index is 2.57. The van der Waals surface area contributed by atoms with Gasteiger partial charge in [-0.2, -0.15) is 0 Å². The van der Waals surface area contributed by atoms with Crippen LogP contribution >= 0.6 is 0 Å². The number of rotatable bonds is 3. The molecule has 1 amide bonds. The molecular formula is C12H18FN3O. The van der Waals surface area contributed by atoms with E-state index in [1.807, 2.05) is 20.8 Å². The highest BCUT2D eigenvalue weighted by Gasteiger charge is 2.19. The van der Waals surface area contributed by atoms with Gasteiger partial charge in [-0.05, 0) is 39.8 Å². The number of hydrogen-bond acceptors (Lipinski definition) is 3. The Labute approximate surface area is 101 Å². The van der Waals surface area contributed by atoms with E-state index in [2.05, 4.69) is 15.6 Å². The zero-order valence-corrected chi connectivity index (χ0v) is 10.5. The van der Waals surface area contributed by atoms with Crippen molar-refractivity contribution in [1.29, 1.82) is 0 Å². The second-order valence-corrected chi connectivity index (χ2v) is 4.97. The van der Waals surface area contributed by atoms with Crippen molar-refractivity contribution in [3.05, 3.63) is 24.1 Å². The summed E-state index contributed by atoms with van der Waals surface area (Å²) in [6.07, 6.45) is 1.11. The molecule has 4 nitrogen and oxygen atoms in total. The van der Waals surface area contributed by atoms with Crippen molar-refractivity contribution < 1.29 is 9.18 Å². The summed E-state index contributed by atoms with van der Waals surface area (Å²) in [4.78, 5) is 15.6. The summed E-state index contributed by atoms with van der Waals surface area (Å²) < 4.78 is 12.6. The van der Waals surface area contributed by atoms with Gasteiger partial charge in [0.05, 0.1) is 6.20 Å². The molecule has 17 heavy (non-hydrogen) atoms. The van der Waals surface area contributed by atoms with Crippen LogP contribution in [0, 0.1) is 5.82 Å². The Kier molecular flexibility index (Phi) is 4.04. The molecule has 5 heteroatoms. The Morgan fingerprint density at radius 2 is 2.06 bits per heavy atom. The predicted octanol–water partition coefficient (Wildman–Crippen LogP) is 1.94. The number of halogens is 1. The standard InChI is InChI=1S/C12H18FN3O/c1-8(11(17)16-12(2,3)4)15-10-6-5-9(13)7-14-10/h5-8H,1-4H3,(H,14,15)(H,16,17). The molecule has 0 radical (unpaired) electrons. The molecular weight excluding hydrogens is 221 g/mol. The molecule has 1 aromatic heterocycles. The van der Waals surface area contributed by atoms with Crippen LogP contribution in [0.5, 0.6) is 0 Å². The highest BCUT2D eigenvalue weighted by atomic mass is 19.1. The molecule has 2 N–H and O–H groups in total. The summed E-state index contributed by atoms with van der Waals surface area (Å²) in [5.74, 6) is -0.0473. The van der Waals surface area contributed by atoms with Gasteiger partial charge in [-0.1, -0.05) is 0 Å². The quantitative estimate of drug-likeness (QED) is 0.847. The van der Waals surface area contributed by atoms with Crippen LogP contribution in [-0.2, 0) is 4.79 Å². The largest absolute Gasteiger partial charge is 0.359 e. The third kappa shape index (κ3) is 4.80. The lowest BCUT2D eigenvalue weighted by molar-refractivity contribution is -0.122. The van der Waals surface area contributed by atoms with E-state index in [0.717, 1.165) is 6.20 Å². The lowest BCUT2D eigenvalue weighted by atomic mass is 10.1. The zero-order valence-electron chi connectivity index (χ0n) is 10.5. The van der Waals surface area contributed by atoms with Crippen LogP contribution in [0.15, 0.2) is 18.3 Å². The summed E-state index contributed by atoms with van der Waals surface area (Å²) in [5.41, 5.74) is -0.275. The molecule has 94 valence electrons. The van der Waals surface area contributed by atoms with Gasteiger partial charge in [0, 0.05) is 5.54 Å². The van der Waals surface area contributed by atoms with Crippen LogP contribution in [0.2, 0.25) is 0 Å². The molecule has 1 aromatic rings. The van der Waals surface area contributed by atoms with Crippen LogP contribution in [0.4, 0.5) is 10.2 Å². The number of anilines is 1. The Morgan fingerprint density at radius 1 is 1.41 bits per heavy atom. The number of nitrogens with one attached hydrogen (secondary N) is 2. The van der Waals surface area contributed by atoms with Gasteiger partial charge in [0.1, 0.15) is 17.7 Å². The number of aromatic nitrogens is 1. The first-order chi connectivity index (χ1) is 7.78. The van der Waals surface area contributed by atoms with Gasteiger partial charge < -0.3 is 10.6 Å². The fourth-order valence-corrected chi connectivity index (χ4v) is 1.23. The normalized spacial score (nSPS) is 13.0. The van der Waals surface area contributed by atoms with Crippen LogP contribution in [-0.4, -0.2) is 22.5 Å². The predicted molar refractivity (Wildman–Crippen MR) is 65.2 cm³/mol. The molecule has 0 aliphatic carbocycles. The van der Waals surface area contributed by atoms with Crippen LogP contribution in [0.25, 0.3) is 0 Å². The third-order valence-electron chi connectivity index (χ3n) is 1.98. The molecule has 0 fully saturated rings. The van der Waals surface area contributed by atoms with Crippen LogP contribution in [0.1, 0.15) is 27.7 Å². The maximum Gasteiger partial charge on any atom is 0.242 e. The van der Waals surface area contributed by atoms with Crippen molar-refractivity contribution in [3.63, 3.8) is 0 Å². The minimum atomic E-state index is -0.424. The van der Waals surface area contributed by atoms with E-state index in [1.54, 1.807) is 6.92 Å². The SMILES string of the molecule is CC(Nc1ccc(F)cn1)C(=O)NC(C)(C)C. The highest BCUT2D eigenvalue weighted by Crippen LogP contribution is 2.06. The second kappa shape index (κ2) is 5.12. The minimum Gasteiger partial charge on any atom is -0.359 e. The molecule has 1 heterocycles. The fraction of sp³-hybridized carbons (Fsp3) is 0.500. The molecule has 0 aliphatic heterocycles. The van der Waals surface area contributed by atoms with Crippen molar-refractivity contribution >= 4 is 11.7 Å². The van der Waals surface area contributed by atoms with E-state index in [4.69, 9.17) is 0 Å². The second-order valence-electron chi connectivity index (χ2n) is 4.97. The Morgan fingerprint density at radius 3 is 2.53 bits per heavy atom. The first-order valence-corrected chi connectivity index (χ1v) is 5.48. The zero-order chi connectivity index (χ0) is 13.1. The van der Waals surface area contributed by atoms with Crippen molar-refractivity contribution in [2.45, 2.75) is 39.3 Å². The third-order valence-corrected chi connectivity index (χ3v) is 1.98. The lowest BCUT2D eigenvalue weighted by Crippen LogP contribution is -2.47. The van der Waals surface area contributed by atoms with E-state index in [-0.39, 0.29) is 11.4 Å². The molecule has 1 unspecified atom stereocenters. The number of hydrogen-bond donors (Lipinski definition) is 2. The number of nitrogens with zero attached hydrogens (tertiary/aromatic N) is 1. The number of carbonyl (C=O) groups excluding carboxylic acids is 1. The van der Waals surface area contributed by atoms with E-state index in [0.29, 0.717) is 5.82 Å². The van der Waals surface area contributed by atoms with Crippen molar-refractivity contribution in [1.82, 2.24) is 10.3 Å². The Bertz CT molecular complexity index is 384. The van der Waals surface area contributed by atoms with Gasteiger partial charge in [0.2, 0.25) is 5.91 Å². The fourth-order valence-electron chi connectivity index (χ4n) is 1.23. The first-order valence-electron chi connectivity index (χ1n) is 5.48. The van der Waals surface area contributed by atoms with Gasteiger partial charge in [-0.15, -0.1) is 0 Å². The smallest absolute Gasteiger partial charge is 0.242 e. The average molecular weight is 239 g/mol. The van der Waals surface area contributed by atoms with E-state index in [1.165, 1.54) is 12.1 Å². The highest BCUT2D eigenvalue weighted by molar-refractivity contribution is 5.84. The molecule has 0 saturated carbocycles. The average Bonchev–Trinajstić information content (AvgIpc) is 2.19. The maximum atomic E-state index is 12.6. The molecule has 0 bridgehead atoms. The van der Waals surface area contributed by atoms with Gasteiger partial charge in [-0.3, -0.25) is 4.79 Å². The summed E-state index contributed by atoms with van der Waals surface area (Å²) in [5, 5.41) is 5.75. The van der Waals surface area contributed by atoms with E-state index in [9.17, 15) is 9.18 Å². The number of amides is 1. The van der Waals surface area contributed by atoms with Gasteiger partial charge in [-0.25, -0.2) is 9.37 Å². The number of carbonyl (C=O) groups is 1. The van der Waals surface area contributed by atoms with Gasteiger partial charge in [0.25, 0.3) is 0 Å². The van der Waals surface area contributed by atoms with Crippen LogP contribution < -0.4 is 10.6 Å². The van der Waals surface area contributed by atoms with E-state index < -0.39 is 11.9 Å². The van der Waals surface area contributed by atoms with Crippen molar-refractivity contribution in [2.75, 3.05) is 5.32 Å². The molecule has 1 rings (SSSR count). The summed E-state index contributed by atoms with van der Waals surface area (Å²) >= 11 is 0. The summed E-state index contributed by atoms with van der Waals surface area (Å²) in [6, 6.07) is 2.37. The first kappa shape index (κ1) is 13.4. The Hall–Kier alpha value is -1.65. The molecule has 1 atom stereocenters. The molecule has 0 spiro atoms. The van der Waals surface area contributed by atoms with Gasteiger partial charge >= 0.3 is 0 Å².